The van der Waals surface area contributed by atoms with Crippen LogP contribution >= 0.6 is 11.3 Å². The van der Waals surface area contributed by atoms with E-state index in [2.05, 4.69) is 42.3 Å². The maximum atomic E-state index is 12.5. The number of anilines is 1. The van der Waals surface area contributed by atoms with Gasteiger partial charge in [-0.2, -0.15) is 0 Å². The molecule has 0 aliphatic heterocycles. The summed E-state index contributed by atoms with van der Waals surface area (Å²) in [5.41, 5.74) is 6.05. The summed E-state index contributed by atoms with van der Waals surface area (Å²) in [6.45, 7) is 4.18. The Labute approximate surface area is 162 Å². The Bertz CT molecular complexity index is 1080. The standard InChI is InChI=1S/C22H19N3OS/c1-15-5-6-18(13-16(15)2)20-14-27-22(23-20)24-21(26)17-7-9-19(10-8-17)25-11-3-4-12-25/h3-14H,1-2H3,(H,23,24,26). The van der Waals surface area contributed by atoms with E-state index in [1.54, 1.807) is 0 Å². The van der Waals surface area contributed by atoms with Gasteiger partial charge in [-0.1, -0.05) is 12.1 Å². The second-order valence-corrected chi connectivity index (χ2v) is 7.29. The van der Waals surface area contributed by atoms with Crippen molar-refractivity contribution < 1.29 is 4.79 Å². The predicted molar refractivity (Wildman–Crippen MR) is 111 cm³/mol. The van der Waals surface area contributed by atoms with Gasteiger partial charge >= 0.3 is 0 Å². The summed E-state index contributed by atoms with van der Waals surface area (Å²) in [4.78, 5) is 17.1. The Morgan fingerprint density at radius 3 is 2.44 bits per heavy atom. The molecule has 0 saturated heterocycles. The molecule has 4 rings (SSSR count). The summed E-state index contributed by atoms with van der Waals surface area (Å²) < 4.78 is 2.00. The fourth-order valence-corrected chi connectivity index (χ4v) is 3.54. The van der Waals surface area contributed by atoms with Crippen molar-refractivity contribution in [2.45, 2.75) is 13.8 Å². The first kappa shape index (κ1) is 17.2. The molecule has 4 nitrogen and oxygen atoms in total. The quantitative estimate of drug-likeness (QED) is 0.515. The van der Waals surface area contributed by atoms with Gasteiger partial charge in [0.15, 0.2) is 5.13 Å². The van der Waals surface area contributed by atoms with Crippen molar-refractivity contribution >= 4 is 22.4 Å². The average molecular weight is 373 g/mol. The highest BCUT2D eigenvalue weighted by Gasteiger charge is 2.11. The second kappa shape index (κ2) is 7.21. The first-order valence-corrected chi connectivity index (χ1v) is 9.56. The Morgan fingerprint density at radius 1 is 1.00 bits per heavy atom. The van der Waals surface area contributed by atoms with Crippen LogP contribution in [-0.2, 0) is 0 Å². The number of aryl methyl sites for hydroxylation is 2. The SMILES string of the molecule is Cc1ccc(-c2csc(NC(=O)c3ccc(-n4cccc4)cc3)n2)cc1C. The van der Waals surface area contributed by atoms with Crippen LogP contribution in [0.4, 0.5) is 5.13 Å². The third-order valence-corrected chi connectivity index (χ3v) is 5.32. The van der Waals surface area contributed by atoms with Crippen molar-refractivity contribution in [1.82, 2.24) is 9.55 Å². The number of rotatable bonds is 4. The van der Waals surface area contributed by atoms with E-state index < -0.39 is 0 Å². The minimum absolute atomic E-state index is 0.157. The highest BCUT2D eigenvalue weighted by Crippen LogP contribution is 2.26. The lowest BCUT2D eigenvalue weighted by Gasteiger charge is -2.05. The van der Waals surface area contributed by atoms with Gasteiger partial charge in [-0.25, -0.2) is 4.98 Å². The molecule has 1 N–H and O–H groups in total. The monoisotopic (exact) mass is 373 g/mol. The first-order valence-electron chi connectivity index (χ1n) is 8.68. The van der Waals surface area contributed by atoms with Crippen LogP contribution in [0.25, 0.3) is 16.9 Å². The zero-order valence-corrected chi connectivity index (χ0v) is 16.0. The third kappa shape index (κ3) is 3.68. The minimum atomic E-state index is -0.157. The topological polar surface area (TPSA) is 46.9 Å². The molecule has 0 radical (unpaired) electrons. The molecule has 2 aromatic carbocycles. The summed E-state index contributed by atoms with van der Waals surface area (Å²) in [6.07, 6.45) is 3.94. The van der Waals surface area contributed by atoms with Crippen LogP contribution in [0.5, 0.6) is 0 Å². The van der Waals surface area contributed by atoms with Crippen LogP contribution in [0.3, 0.4) is 0 Å². The molecule has 5 heteroatoms. The largest absolute Gasteiger partial charge is 0.324 e. The van der Waals surface area contributed by atoms with Gasteiger partial charge in [0.2, 0.25) is 0 Å². The van der Waals surface area contributed by atoms with Crippen molar-refractivity contribution in [3.63, 3.8) is 0 Å². The van der Waals surface area contributed by atoms with Crippen LogP contribution in [0, 0.1) is 13.8 Å². The van der Waals surface area contributed by atoms with E-state index in [1.807, 2.05) is 58.7 Å². The van der Waals surface area contributed by atoms with Gasteiger partial charge in [-0.15, -0.1) is 11.3 Å². The minimum Gasteiger partial charge on any atom is -0.324 e. The van der Waals surface area contributed by atoms with Crippen LogP contribution in [0.15, 0.2) is 72.4 Å². The van der Waals surface area contributed by atoms with E-state index in [9.17, 15) is 4.79 Å². The van der Waals surface area contributed by atoms with E-state index in [-0.39, 0.29) is 5.91 Å². The number of hydrogen-bond donors (Lipinski definition) is 1. The average Bonchev–Trinajstić information content (AvgIpc) is 3.36. The molecule has 0 atom stereocenters. The number of carbonyl (C=O) groups excluding carboxylic acids is 1. The summed E-state index contributed by atoms with van der Waals surface area (Å²) in [5, 5.41) is 5.46. The van der Waals surface area contributed by atoms with Crippen molar-refractivity contribution in [3.05, 3.63) is 89.1 Å². The highest BCUT2D eigenvalue weighted by atomic mass is 32.1. The molecular weight excluding hydrogens is 354 g/mol. The van der Waals surface area contributed by atoms with E-state index in [0.717, 1.165) is 16.9 Å². The molecule has 4 aromatic rings. The normalized spacial score (nSPS) is 10.7. The van der Waals surface area contributed by atoms with Crippen molar-refractivity contribution in [3.8, 4) is 16.9 Å². The van der Waals surface area contributed by atoms with E-state index in [1.165, 1.54) is 22.5 Å². The lowest BCUT2D eigenvalue weighted by atomic mass is 10.1. The van der Waals surface area contributed by atoms with Crippen LogP contribution in [0.1, 0.15) is 21.5 Å². The molecule has 27 heavy (non-hydrogen) atoms. The van der Waals surface area contributed by atoms with E-state index >= 15 is 0 Å². The lowest BCUT2D eigenvalue weighted by molar-refractivity contribution is 0.102. The fourth-order valence-electron chi connectivity index (χ4n) is 2.83. The number of thiazole rings is 1. The van der Waals surface area contributed by atoms with Gasteiger partial charge in [0, 0.05) is 34.6 Å². The molecule has 1 amide bonds. The molecule has 2 heterocycles. The summed E-state index contributed by atoms with van der Waals surface area (Å²) in [6, 6.07) is 17.7. The van der Waals surface area contributed by atoms with Gasteiger partial charge in [-0.3, -0.25) is 10.1 Å². The van der Waals surface area contributed by atoms with Crippen LogP contribution < -0.4 is 5.32 Å². The van der Waals surface area contributed by atoms with Gasteiger partial charge in [0.1, 0.15) is 0 Å². The predicted octanol–water partition coefficient (Wildman–Crippen LogP) is 5.47. The molecule has 0 unspecified atom stereocenters. The number of benzene rings is 2. The first-order chi connectivity index (χ1) is 13.1. The Balaban J connectivity index is 1.48. The zero-order chi connectivity index (χ0) is 18.8. The van der Waals surface area contributed by atoms with E-state index in [0.29, 0.717) is 10.7 Å². The molecule has 134 valence electrons. The van der Waals surface area contributed by atoms with Crippen molar-refractivity contribution in [2.75, 3.05) is 5.32 Å². The maximum absolute atomic E-state index is 12.5. The number of nitrogens with one attached hydrogen (secondary N) is 1. The molecular formula is C22H19N3OS. The number of hydrogen-bond acceptors (Lipinski definition) is 3. The zero-order valence-electron chi connectivity index (χ0n) is 15.1. The molecule has 2 aromatic heterocycles. The Morgan fingerprint density at radius 2 is 1.74 bits per heavy atom. The fraction of sp³-hybridized carbons (Fsp3) is 0.0909. The molecule has 0 bridgehead atoms. The van der Waals surface area contributed by atoms with E-state index in [4.69, 9.17) is 0 Å². The molecule has 0 aliphatic carbocycles. The van der Waals surface area contributed by atoms with Crippen molar-refractivity contribution in [1.29, 1.82) is 0 Å². The second-order valence-electron chi connectivity index (χ2n) is 6.43. The maximum Gasteiger partial charge on any atom is 0.257 e. The smallest absolute Gasteiger partial charge is 0.257 e. The van der Waals surface area contributed by atoms with Gasteiger partial charge in [0.25, 0.3) is 5.91 Å². The third-order valence-electron chi connectivity index (χ3n) is 4.56. The van der Waals surface area contributed by atoms with Crippen LogP contribution in [-0.4, -0.2) is 15.5 Å². The number of amides is 1. The van der Waals surface area contributed by atoms with Crippen molar-refractivity contribution in [2.24, 2.45) is 0 Å². The number of carbonyl (C=O) groups is 1. The molecule has 0 saturated carbocycles. The van der Waals surface area contributed by atoms with Gasteiger partial charge in [0.05, 0.1) is 5.69 Å². The van der Waals surface area contributed by atoms with Gasteiger partial charge in [-0.05, 0) is 67.4 Å². The number of aromatic nitrogens is 2. The Kier molecular flexibility index (Phi) is 4.60. The molecule has 0 fully saturated rings. The summed E-state index contributed by atoms with van der Waals surface area (Å²) in [5.74, 6) is -0.157. The summed E-state index contributed by atoms with van der Waals surface area (Å²) >= 11 is 1.43. The molecule has 0 aliphatic rings. The summed E-state index contributed by atoms with van der Waals surface area (Å²) in [7, 11) is 0. The number of nitrogens with zero attached hydrogens (tertiary/aromatic N) is 2. The Hall–Kier alpha value is -3.18. The van der Waals surface area contributed by atoms with Crippen LogP contribution in [0.2, 0.25) is 0 Å². The lowest BCUT2D eigenvalue weighted by Crippen LogP contribution is -2.11. The molecule has 0 spiro atoms. The van der Waals surface area contributed by atoms with Gasteiger partial charge < -0.3 is 4.57 Å². The highest BCUT2D eigenvalue weighted by molar-refractivity contribution is 7.14.